The SMILES string of the molecule is [C-]#[N+]c1c(-c2ccccc2)c(C#N)c(-n2c3cc(-c4ccccc4)ccc3c3ccc(-c4ccccc4)cc32)c(-c2ccccc2)c1-n1c2cccc3c4ccncc4c4cccc1c4c32. The second kappa shape index (κ2) is 14.6. The van der Waals surface area contributed by atoms with Gasteiger partial charge in [-0.15, -0.1) is 0 Å². The Labute approximate surface area is 380 Å². The summed E-state index contributed by atoms with van der Waals surface area (Å²) in [5, 5.41) is 20.7. The Morgan fingerprint density at radius 1 is 0.409 bits per heavy atom. The summed E-state index contributed by atoms with van der Waals surface area (Å²) in [6.07, 6.45) is 3.83. The molecule has 0 bridgehead atoms. The molecular weight excluding hydrogens is 803 g/mol. The highest BCUT2D eigenvalue weighted by atomic mass is 15.0. The largest absolute Gasteiger partial charge is 0.318 e. The maximum Gasteiger partial charge on any atom is 0.220 e. The summed E-state index contributed by atoms with van der Waals surface area (Å²) in [6.45, 7) is 9.27. The fourth-order valence-corrected chi connectivity index (χ4v) is 10.7. The summed E-state index contributed by atoms with van der Waals surface area (Å²) in [5.74, 6) is 0. The molecule has 0 aliphatic heterocycles. The van der Waals surface area contributed by atoms with Gasteiger partial charge < -0.3 is 9.13 Å². The van der Waals surface area contributed by atoms with Crippen molar-refractivity contribution in [1.82, 2.24) is 14.1 Å². The van der Waals surface area contributed by atoms with Crippen LogP contribution in [0.4, 0.5) is 5.69 Å². The maximum atomic E-state index is 11.9. The molecule has 0 saturated carbocycles. The Hall–Kier alpha value is -9.29. The van der Waals surface area contributed by atoms with E-state index in [1.54, 1.807) is 0 Å². The van der Waals surface area contributed by atoms with Crippen LogP contribution in [0.25, 0.3) is 126 Å². The van der Waals surface area contributed by atoms with Crippen molar-refractivity contribution < 1.29 is 0 Å². The van der Waals surface area contributed by atoms with Crippen LogP contribution >= 0.6 is 0 Å². The first kappa shape index (κ1) is 37.3. The fourth-order valence-electron chi connectivity index (χ4n) is 10.7. The van der Waals surface area contributed by atoms with Gasteiger partial charge in [0.1, 0.15) is 6.07 Å². The first-order chi connectivity index (χ1) is 32.7. The number of nitrogens with zero attached hydrogens (tertiary/aromatic N) is 5. The van der Waals surface area contributed by atoms with Gasteiger partial charge >= 0.3 is 0 Å². The van der Waals surface area contributed by atoms with Gasteiger partial charge in [-0.3, -0.25) is 4.98 Å². The van der Waals surface area contributed by atoms with E-state index in [-0.39, 0.29) is 0 Å². The fraction of sp³-hybridized carbons (Fsp3) is 0. The molecule has 3 aromatic heterocycles. The number of fused-ring (bicyclic) bond motifs is 6. The Balaban J connectivity index is 1.30. The number of benzene rings is 10. The quantitative estimate of drug-likeness (QED) is 0.124. The van der Waals surface area contributed by atoms with Crippen LogP contribution in [0.5, 0.6) is 0 Å². The van der Waals surface area contributed by atoms with Crippen molar-refractivity contribution in [2.75, 3.05) is 0 Å². The van der Waals surface area contributed by atoms with Crippen LogP contribution in [0.1, 0.15) is 5.56 Å². The summed E-state index contributed by atoms with van der Waals surface area (Å²) >= 11 is 0. The second-order valence-corrected chi connectivity index (χ2v) is 16.8. The molecule has 5 heteroatoms. The minimum atomic E-state index is 0.407. The molecule has 0 aliphatic carbocycles. The summed E-state index contributed by atoms with van der Waals surface area (Å²) in [5.41, 5.74) is 13.5. The number of rotatable bonds is 6. The summed E-state index contributed by atoms with van der Waals surface area (Å²) in [4.78, 5) is 9.12. The van der Waals surface area contributed by atoms with Crippen LogP contribution in [0, 0.1) is 17.9 Å². The number of hydrogen-bond acceptors (Lipinski definition) is 2. The molecule has 0 aliphatic rings. The van der Waals surface area contributed by atoms with E-state index in [1.807, 2.05) is 73.1 Å². The van der Waals surface area contributed by atoms with E-state index in [2.05, 4.69) is 165 Å². The molecule has 13 rings (SSSR count). The third kappa shape index (κ3) is 5.35. The maximum absolute atomic E-state index is 11.9. The number of hydrogen-bond donors (Lipinski definition) is 0. The zero-order valence-electron chi connectivity index (χ0n) is 35.4. The molecule has 0 atom stereocenters. The number of pyridine rings is 1. The van der Waals surface area contributed by atoms with Crippen molar-refractivity contribution in [1.29, 1.82) is 5.26 Å². The lowest BCUT2D eigenvalue weighted by molar-refractivity contribution is 1.13. The van der Waals surface area contributed by atoms with Crippen LogP contribution in [-0.4, -0.2) is 14.1 Å². The predicted molar refractivity (Wildman–Crippen MR) is 272 cm³/mol. The van der Waals surface area contributed by atoms with Gasteiger partial charge in [0.05, 0.1) is 45.6 Å². The summed E-state index contributed by atoms with van der Waals surface area (Å²) in [6, 6.07) is 72.4. The van der Waals surface area contributed by atoms with Gasteiger partial charge in [-0.05, 0) is 79.9 Å². The molecular formula is C61H35N5. The minimum absolute atomic E-state index is 0.407. The van der Waals surface area contributed by atoms with E-state index in [1.165, 1.54) is 0 Å². The van der Waals surface area contributed by atoms with Gasteiger partial charge in [-0.25, -0.2) is 4.85 Å². The second-order valence-electron chi connectivity index (χ2n) is 16.8. The standard InChI is InChI=1S/C61H35N5/c1-63-59-55(40-20-10-4-11-21-40)49(36-62)60(66-53-34-42(38-16-6-2-7-17-38)28-30-45(53)46-31-29-43(35-54(46)66)39-18-8-3-9-19-39)56(41-22-12-5-13-23-41)61(59)65-51-26-14-24-47-44-32-33-64-37-50(44)48-25-15-27-52(65)58(48)57(47)51/h2-35,37H. The van der Waals surface area contributed by atoms with Crippen molar-refractivity contribution in [2.24, 2.45) is 0 Å². The zero-order valence-corrected chi connectivity index (χ0v) is 35.4. The van der Waals surface area contributed by atoms with Gasteiger partial charge in [0.15, 0.2) is 0 Å². The summed E-state index contributed by atoms with van der Waals surface area (Å²) in [7, 11) is 0. The van der Waals surface area contributed by atoms with Crippen molar-refractivity contribution in [3.05, 3.63) is 230 Å². The van der Waals surface area contributed by atoms with Gasteiger partial charge in [-0.1, -0.05) is 170 Å². The van der Waals surface area contributed by atoms with E-state index in [0.29, 0.717) is 22.5 Å². The van der Waals surface area contributed by atoms with Gasteiger partial charge in [0.2, 0.25) is 5.69 Å². The van der Waals surface area contributed by atoms with Gasteiger partial charge in [0, 0.05) is 50.5 Å². The van der Waals surface area contributed by atoms with Crippen LogP contribution in [0.15, 0.2) is 213 Å². The lowest BCUT2D eigenvalue weighted by Crippen LogP contribution is -2.08. The Kier molecular flexibility index (Phi) is 8.27. The highest BCUT2D eigenvalue weighted by Gasteiger charge is 2.32. The molecule has 3 heterocycles. The molecule has 10 aromatic carbocycles. The molecule has 0 N–H and O–H groups in total. The van der Waals surface area contributed by atoms with E-state index >= 15 is 0 Å². The van der Waals surface area contributed by atoms with Crippen LogP contribution in [0.2, 0.25) is 0 Å². The topological polar surface area (TPSA) is 50.9 Å². The first-order valence-electron chi connectivity index (χ1n) is 22.0. The molecule has 0 fully saturated rings. The monoisotopic (exact) mass is 837 g/mol. The van der Waals surface area contributed by atoms with Gasteiger partial charge in [0.25, 0.3) is 0 Å². The van der Waals surface area contributed by atoms with E-state index in [0.717, 1.165) is 110 Å². The number of nitriles is 1. The zero-order chi connectivity index (χ0) is 43.9. The van der Waals surface area contributed by atoms with E-state index in [4.69, 9.17) is 0 Å². The van der Waals surface area contributed by atoms with Crippen molar-refractivity contribution in [3.8, 4) is 62.0 Å². The van der Waals surface area contributed by atoms with Crippen molar-refractivity contribution in [3.63, 3.8) is 0 Å². The van der Waals surface area contributed by atoms with Crippen molar-refractivity contribution in [2.45, 2.75) is 0 Å². The molecule has 0 amide bonds. The molecule has 0 saturated heterocycles. The number of aromatic nitrogens is 3. The highest BCUT2D eigenvalue weighted by Crippen LogP contribution is 2.53. The first-order valence-corrected chi connectivity index (χ1v) is 22.0. The third-order valence-corrected chi connectivity index (χ3v) is 13.4. The van der Waals surface area contributed by atoms with Crippen LogP contribution < -0.4 is 0 Å². The molecule has 5 nitrogen and oxygen atoms in total. The predicted octanol–water partition coefficient (Wildman–Crippen LogP) is 16.1. The highest BCUT2D eigenvalue weighted by molar-refractivity contribution is 6.34. The lowest BCUT2D eigenvalue weighted by Gasteiger charge is -2.26. The molecule has 66 heavy (non-hydrogen) atoms. The molecule has 0 unspecified atom stereocenters. The minimum Gasteiger partial charge on any atom is -0.318 e. The Morgan fingerprint density at radius 2 is 0.894 bits per heavy atom. The Morgan fingerprint density at radius 3 is 1.41 bits per heavy atom. The van der Waals surface area contributed by atoms with Crippen LogP contribution in [-0.2, 0) is 0 Å². The molecule has 304 valence electrons. The Bertz CT molecular complexity index is 3970. The lowest BCUT2D eigenvalue weighted by atomic mass is 9.88. The molecule has 13 aromatic rings. The van der Waals surface area contributed by atoms with Gasteiger partial charge in [-0.2, -0.15) is 5.26 Å². The van der Waals surface area contributed by atoms with E-state index < -0.39 is 0 Å². The smallest absolute Gasteiger partial charge is 0.220 e. The summed E-state index contributed by atoms with van der Waals surface area (Å²) < 4.78 is 4.63. The van der Waals surface area contributed by atoms with Crippen molar-refractivity contribution >= 4 is 70.8 Å². The molecule has 0 radical (unpaired) electrons. The van der Waals surface area contributed by atoms with Crippen LogP contribution in [0.3, 0.4) is 0 Å². The average molecular weight is 838 g/mol. The third-order valence-electron chi connectivity index (χ3n) is 13.4. The van der Waals surface area contributed by atoms with E-state index in [9.17, 15) is 11.8 Å². The molecule has 0 spiro atoms. The normalized spacial score (nSPS) is 11.6. The average Bonchev–Trinajstić information content (AvgIpc) is 3.90.